The normalized spacial score (nSPS) is 14.2. The second-order valence-corrected chi connectivity index (χ2v) is 9.60. The predicted molar refractivity (Wildman–Crippen MR) is 140 cm³/mol. The summed E-state index contributed by atoms with van der Waals surface area (Å²) in [5, 5.41) is 6.12. The number of nitrogens with one attached hydrogen (secondary N) is 2. The third kappa shape index (κ3) is 6.69. The lowest BCUT2D eigenvalue weighted by Gasteiger charge is -2.16. The first kappa shape index (κ1) is 28.2. The van der Waals surface area contributed by atoms with Crippen LogP contribution in [0.2, 0.25) is 0 Å². The van der Waals surface area contributed by atoms with Gasteiger partial charge in [-0.3, -0.25) is 4.79 Å². The van der Waals surface area contributed by atoms with E-state index in [0.717, 1.165) is 37.2 Å². The Morgan fingerprint density at radius 3 is 2.15 bits per heavy atom. The molecule has 1 fully saturated rings. The topological polar surface area (TPSA) is 88.0 Å². The van der Waals surface area contributed by atoms with Crippen molar-refractivity contribution in [2.45, 2.75) is 38.2 Å². The van der Waals surface area contributed by atoms with Crippen LogP contribution in [-0.4, -0.2) is 50.0 Å². The zero-order valence-electron chi connectivity index (χ0n) is 21.6. The Hall–Kier alpha value is -4.36. The van der Waals surface area contributed by atoms with Gasteiger partial charge in [0.2, 0.25) is 11.9 Å². The molecule has 5 rings (SSSR count). The summed E-state index contributed by atoms with van der Waals surface area (Å²) in [7, 11) is 0. The lowest BCUT2D eigenvalue weighted by molar-refractivity contribution is -0.138. The zero-order chi connectivity index (χ0) is 29.2. The Kier molecular flexibility index (Phi) is 7.74. The molecule has 0 bridgehead atoms. The van der Waals surface area contributed by atoms with E-state index in [1.165, 1.54) is 30.6 Å². The number of nitrogens with zero attached hydrogens (tertiary/aromatic N) is 5. The highest BCUT2D eigenvalue weighted by Gasteiger charge is 2.31. The van der Waals surface area contributed by atoms with Crippen LogP contribution in [0.1, 0.15) is 36.0 Å². The number of anilines is 3. The third-order valence-corrected chi connectivity index (χ3v) is 6.64. The number of halogens is 6. The molecule has 3 heterocycles. The van der Waals surface area contributed by atoms with E-state index in [-0.39, 0.29) is 18.4 Å². The molecule has 1 saturated heterocycles. The number of hydrogen-bond donors (Lipinski definition) is 2. The molecule has 14 heteroatoms. The fourth-order valence-corrected chi connectivity index (χ4v) is 4.52. The second-order valence-electron chi connectivity index (χ2n) is 9.60. The van der Waals surface area contributed by atoms with Crippen LogP contribution in [0.3, 0.4) is 0 Å². The number of amides is 1. The van der Waals surface area contributed by atoms with Gasteiger partial charge in [-0.05, 0) is 54.8 Å². The highest BCUT2D eigenvalue weighted by Crippen LogP contribution is 2.31. The van der Waals surface area contributed by atoms with Crippen molar-refractivity contribution >= 4 is 34.5 Å². The molecule has 216 valence electrons. The molecule has 0 aliphatic carbocycles. The first-order chi connectivity index (χ1) is 19.5. The quantitative estimate of drug-likeness (QED) is 0.185. The van der Waals surface area contributed by atoms with Gasteiger partial charge in [-0.15, -0.1) is 0 Å². The van der Waals surface area contributed by atoms with Crippen LogP contribution in [0.25, 0.3) is 11.2 Å². The van der Waals surface area contributed by atoms with Crippen LogP contribution in [0.4, 0.5) is 43.8 Å². The Labute approximate surface area is 230 Å². The van der Waals surface area contributed by atoms with E-state index >= 15 is 0 Å². The molecule has 41 heavy (non-hydrogen) atoms. The molecule has 4 aromatic rings. The molecular weight excluding hydrogens is 552 g/mol. The molecule has 0 saturated carbocycles. The minimum absolute atomic E-state index is 0.0867. The number of alkyl halides is 6. The summed E-state index contributed by atoms with van der Waals surface area (Å²) >= 11 is 0. The smallest absolute Gasteiger partial charge is 0.368 e. The van der Waals surface area contributed by atoms with Gasteiger partial charge in [0, 0.05) is 31.7 Å². The molecule has 1 aliphatic heterocycles. The van der Waals surface area contributed by atoms with Crippen molar-refractivity contribution in [3.63, 3.8) is 0 Å². The van der Waals surface area contributed by atoms with Crippen molar-refractivity contribution < 1.29 is 31.1 Å². The van der Waals surface area contributed by atoms with E-state index in [4.69, 9.17) is 0 Å². The molecule has 2 aromatic heterocycles. The van der Waals surface area contributed by atoms with Crippen LogP contribution in [0, 0.1) is 0 Å². The van der Waals surface area contributed by atoms with Crippen molar-refractivity contribution in [1.82, 2.24) is 24.4 Å². The van der Waals surface area contributed by atoms with Crippen molar-refractivity contribution in [2.75, 3.05) is 30.3 Å². The fraction of sp³-hybridized carbons (Fsp3) is 0.333. The van der Waals surface area contributed by atoms with Crippen molar-refractivity contribution in [3.05, 3.63) is 71.5 Å². The standard InChI is InChI=1S/C27H25F6N7O/c28-26(29,30)18-6-4-17(5-7-18)15-40-16-35-22-23(34-12-2-14-39-13-1-3-21(39)41)37-25(38-24(22)40)36-20-10-8-19(9-11-20)27(31,32)33/h4-11,16H,1-3,12-15H2,(H2,34,36,37,38). The van der Waals surface area contributed by atoms with Gasteiger partial charge in [-0.2, -0.15) is 36.3 Å². The first-order valence-electron chi connectivity index (χ1n) is 12.8. The first-order valence-corrected chi connectivity index (χ1v) is 12.8. The van der Waals surface area contributed by atoms with Crippen LogP contribution in [-0.2, 0) is 23.7 Å². The number of hydrogen-bond acceptors (Lipinski definition) is 6. The highest BCUT2D eigenvalue weighted by atomic mass is 19.4. The van der Waals surface area contributed by atoms with Gasteiger partial charge in [0.1, 0.15) is 0 Å². The predicted octanol–water partition coefficient (Wildman–Crippen LogP) is 6.08. The molecule has 0 atom stereocenters. The fourth-order valence-electron chi connectivity index (χ4n) is 4.52. The minimum Gasteiger partial charge on any atom is -0.368 e. The Morgan fingerprint density at radius 1 is 0.878 bits per heavy atom. The Bertz CT molecular complexity index is 1510. The largest absolute Gasteiger partial charge is 0.416 e. The second kappa shape index (κ2) is 11.3. The molecule has 2 aromatic carbocycles. The van der Waals surface area contributed by atoms with Gasteiger partial charge >= 0.3 is 12.4 Å². The number of benzene rings is 2. The number of imidazole rings is 1. The highest BCUT2D eigenvalue weighted by molar-refractivity contribution is 5.85. The maximum absolute atomic E-state index is 13.0. The molecule has 0 unspecified atom stereocenters. The molecule has 1 amide bonds. The summed E-state index contributed by atoms with van der Waals surface area (Å²) in [4.78, 5) is 27.1. The number of rotatable bonds is 9. The van der Waals surface area contributed by atoms with E-state index in [9.17, 15) is 31.1 Å². The SMILES string of the molecule is O=C1CCCN1CCCNc1nc(Nc2ccc(C(F)(F)F)cc2)nc2c1ncn2Cc1ccc(C(F)(F)F)cc1. The van der Waals surface area contributed by atoms with Crippen LogP contribution in [0.15, 0.2) is 54.9 Å². The average molecular weight is 578 g/mol. The summed E-state index contributed by atoms with van der Waals surface area (Å²) in [6, 6.07) is 9.14. The van der Waals surface area contributed by atoms with E-state index in [2.05, 4.69) is 25.6 Å². The van der Waals surface area contributed by atoms with Crippen molar-refractivity contribution in [2.24, 2.45) is 0 Å². The average Bonchev–Trinajstić information content (AvgIpc) is 3.52. The van der Waals surface area contributed by atoms with Crippen molar-refractivity contribution in [1.29, 1.82) is 0 Å². The maximum atomic E-state index is 13.0. The third-order valence-electron chi connectivity index (χ3n) is 6.64. The van der Waals surface area contributed by atoms with Gasteiger partial charge in [0.25, 0.3) is 0 Å². The lowest BCUT2D eigenvalue weighted by Crippen LogP contribution is -2.27. The number of carbonyl (C=O) groups excluding carboxylic acids is 1. The van der Waals surface area contributed by atoms with Gasteiger partial charge in [0.15, 0.2) is 17.0 Å². The lowest BCUT2D eigenvalue weighted by atomic mass is 10.1. The molecular formula is C27H25F6N7O. The van der Waals surface area contributed by atoms with Crippen LogP contribution >= 0.6 is 0 Å². The van der Waals surface area contributed by atoms with E-state index < -0.39 is 23.5 Å². The number of aromatic nitrogens is 4. The Balaban J connectivity index is 1.39. The maximum Gasteiger partial charge on any atom is 0.416 e. The van der Waals surface area contributed by atoms with Crippen molar-refractivity contribution in [3.8, 4) is 0 Å². The summed E-state index contributed by atoms with van der Waals surface area (Å²) in [6.45, 7) is 1.94. The van der Waals surface area contributed by atoms with Crippen LogP contribution < -0.4 is 10.6 Å². The molecule has 2 N–H and O–H groups in total. The molecule has 1 aliphatic rings. The Morgan fingerprint density at radius 2 is 1.54 bits per heavy atom. The van der Waals surface area contributed by atoms with Gasteiger partial charge in [-0.25, -0.2) is 4.98 Å². The summed E-state index contributed by atoms with van der Waals surface area (Å²) in [5.41, 5.74) is 0.123. The van der Waals surface area contributed by atoms with E-state index in [1.807, 2.05) is 0 Å². The summed E-state index contributed by atoms with van der Waals surface area (Å²) < 4.78 is 79.5. The summed E-state index contributed by atoms with van der Waals surface area (Å²) in [5.74, 6) is 0.575. The van der Waals surface area contributed by atoms with E-state index in [1.54, 1.807) is 9.47 Å². The molecule has 0 radical (unpaired) electrons. The monoisotopic (exact) mass is 577 g/mol. The number of carbonyl (C=O) groups is 1. The van der Waals surface area contributed by atoms with E-state index in [0.29, 0.717) is 54.2 Å². The summed E-state index contributed by atoms with van der Waals surface area (Å²) in [6.07, 6.45) is -5.40. The number of likely N-dealkylation sites (tertiary alicyclic amines) is 1. The van der Waals surface area contributed by atoms with Crippen LogP contribution in [0.5, 0.6) is 0 Å². The minimum atomic E-state index is -4.48. The zero-order valence-corrected chi connectivity index (χ0v) is 21.6. The van der Waals surface area contributed by atoms with Gasteiger partial charge in [0.05, 0.1) is 24.0 Å². The molecule has 8 nitrogen and oxygen atoms in total. The van der Waals surface area contributed by atoms with Gasteiger partial charge in [-0.1, -0.05) is 12.1 Å². The molecule has 0 spiro atoms. The van der Waals surface area contributed by atoms with Gasteiger partial charge < -0.3 is 20.1 Å². The number of fused-ring (bicyclic) bond motifs is 1.